The van der Waals surface area contributed by atoms with Crippen molar-refractivity contribution in [2.45, 2.75) is 103 Å². The fraction of sp³-hybridized carbons (Fsp3) is 0.567. The Morgan fingerprint density at radius 1 is 0.824 bits per heavy atom. The van der Waals surface area contributed by atoms with Gasteiger partial charge in [0.05, 0.1) is 0 Å². The molecule has 0 bridgehead atoms. The van der Waals surface area contributed by atoms with Crippen molar-refractivity contribution < 1.29 is 4.74 Å². The lowest BCUT2D eigenvalue weighted by Gasteiger charge is -2.28. The lowest BCUT2D eigenvalue weighted by atomic mass is 9.80. The van der Waals surface area contributed by atoms with Crippen molar-refractivity contribution in [2.75, 3.05) is 6.54 Å². The highest BCUT2D eigenvalue weighted by molar-refractivity contribution is 7.80. The maximum absolute atomic E-state index is 6.12. The molecule has 1 saturated heterocycles. The van der Waals surface area contributed by atoms with E-state index in [1.165, 1.54) is 22.3 Å². The molecule has 4 heteroatoms. The first-order chi connectivity index (χ1) is 15.6. The Labute approximate surface area is 213 Å². The highest BCUT2D eigenvalue weighted by Crippen LogP contribution is 2.35. The van der Waals surface area contributed by atoms with Gasteiger partial charge in [0.2, 0.25) is 0 Å². The Hall–Kier alpha value is -1.91. The number of hydrogen-bond acceptors (Lipinski definition) is 3. The molecule has 0 unspecified atom stereocenters. The zero-order valence-electron chi connectivity index (χ0n) is 22.6. The minimum absolute atomic E-state index is 0.0672. The molecule has 2 aromatic rings. The molecule has 186 valence electrons. The van der Waals surface area contributed by atoms with Gasteiger partial charge in [0.15, 0.2) is 0 Å². The molecule has 1 fully saturated rings. The normalized spacial score (nSPS) is 19.4. The van der Waals surface area contributed by atoms with Gasteiger partial charge in [0.1, 0.15) is 6.10 Å². The fourth-order valence-electron chi connectivity index (χ4n) is 4.60. The molecular formula is C30H44N2OS. The Kier molecular flexibility index (Phi) is 7.84. The number of rotatable bonds is 4. The van der Waals surface area contributed by atoms with Crippen LogP contribution in [0, 0.1) is 0 Å². The van der Waals surface area contributed by atoms with Crippen LogP contribution in [0.1, 0.15) is 96.9 Å². The second-order valence-electron chi connectivity index (χ2n) is 12.9. The summed E-state index contributed by atoms with van der Waals surface area (Å²) in [6.45, 7) is 20.7. The van der Waals surface area contributed by atoms with E-state index in [4.69, 9.17) is 17.0 Å². The van der Waals surface area contributed by atoms with Gasteiger partial charge >= 0.3 is 0 Å². The van der Waals surface area contributed by atoms with Crippen LogP contribution in [0.2, 0.25) is 0 Å². The summed E-state index contributed by atoms with van der Waals surface area (Å²) in [5.74, 6) is 0.251. The predicted molar refractivity (Wildman–Crippen MR) is 149 cm³/mol. The molecule has 2 atom stereocenters. The van der Waals surface area contributed by atoms with Crippen LogP contribution in [0.3, 0.4) is 0 Å². The van der Waals surface area contributed by atoms with Gasteiger partial charge in [-0.05, 0) is 66.1 Å². The van der Waals surface area contributed by atoms with Gasteiger partial charge in [0.25, 0.3) is 5.17 Å². The highest BCUT2D eigenvalue weighted by Gasteiger charge is 2.34. The number of ether oxygens (including phenoxy) is 1. The molecular weight excluding hydrogens is 436 g/mol. The second-order valence-corrected chi connectivity index (χ2v) is 13.2. The molecule has 0 radical (unpaired) electrons. The van der Waals surface area contributed by atoms with Crippen LogP contribution in [0.15, 0.2) is 48.5 Å². The first-order valence-electron chi connectivity index (χ1n) is 12.6. The number of nitrogens with one attached hydrogen (secondary N) is 2. The largest absolute Gasteiger partial charge is 0.466 e. The molecule has 2 aromatic carbocycles. The average molecular weight is 481 g/mol. The van der Waals surface area contributed by atoms with E-state index < -0.39 is 0 Å². The lowest BCUT2D eigenvalue weighted by Crippen LogP contribution is -2.42. The van der Waals surface area contributed by atoms with Gasteiger partial charge in [-0.3, -0.25) is 0 Å². The van der Waals surface area contributed by atoms with Crippen molar-refractivity contribution in [3.8, 4) is 0 Å². The van der Waals surface area contributed by atoms with Crippen LogP contribution in [-0.4, -0.2) is 29.4 Å². The smallest absolute Gasteiger partial charge is 0.257 e. The SMILES string of the molecule is CC(C)(C)NC(=S)O[C@H]1CN[C@@H](C(c2ccc(C(C)(C)C)cc2)c2ccc(C(C)(C)C)cc2)C1. The molecule has 0 amide bonds. The van der Waals surface area contributed by atoms with Crippen LogP contribution in [0.4, 0.5) is 0 Å². The lowest BCUT2D eigenvalue weighted by molar-refractivity contribution is 0.195. The molecule has 34 heavy (non-hydrogen) atoms. The highest BCUT2D eigenvalue weighted by atomic mass is 32.1. The summed E-state index contributed by atoms with van der Waals surface area (Å²) in [7, 11) is 0. The van der Waals surface area contributed by atoms with Gasteiger partial charge in [-0.2, -0.15) is 0 Å². The summed E-state index contributed by atoms with van der Waals surface area (Å²) >= 11 is 5.47. The Balaban J connectivity index is 1.86. The van der Waals surface area contributed by atoms with Crippen molar-refractivity contribution in [3.05, 3.63) is 70.8 Å². The van der Waals surface area contributed by atoms with E-state index in [0.717, 1.165) is 13.0 Å². The second kappa shape index (κ2) is 9.99. The number of benzene rings is 2. The standard InChI is InChI=1S/C30H44N2OS/c1-28(2,3)22-14-10-20(11-15-22)26(21-12-16-23(17-13-21)29(4,5)6)25-18-24(19-31-25)33-27(34)32-30(7,8)9/h10-17,24-26,31H,18-19H2,1-9H3,(H,32,34)/t24-,25-/m1/s1. The zero-order chi connectivity index (χ0) is 25.3. The molecule has 2 N–H and O–H groups in total. The Bertz CT molecular complexity index is 902. The minimum Gasteiger partial charge on any atom is -0.466 e. The molecule has 0 aromatic heterocycles. The van der Waals surface area contributed by atoms with Crippen molar-refractivity contribution in [1.82, 2.24) is 10.6 Å². The van der Waals surface area contributed by atoms with Crippen LogP contribution < -0.4 is 10.6 Å². The summed E-state index contributed by atoms with van der Waals surface area (Å²) in [6, 6.07) is 18.7. The average Bonchev–Trinajstić information content (AvgIpc) is 3.14. The first kappa shape index (κ1) is 26.7. The molecule has 3 rings (SSSR count). The summed E-state index contributed by atoms with van der Waals surface area (Å²) < 4.78 is 6.12. The third-order valence-corrected chi connectivity index (χ3v) is 6.75. The summed E-state index contributed by atoms with van der Waals surface area (Å²) in [4.78, 5) is 0. The van der Waals surface area contributed by atoms with E-state index in [-0.39, 0.29) is 34.4 Å². The quantitative estimate of drug-likeness (QED) is 0.470. The molecule has 1 heterocycles. The van der Waals surface area contributed by atoms with E-state index in [0.29, 0.717) is 5.17 Å². The topological polar surface area (TPSA) is 33.3 Å². The minimum atomic E-state index is -0.103. The van der Waals surface area contributed by atoms with E-state index in [2.05, 4.69) is 121 Å². The first-order valence-corrected chi connectivity index (χ1v) is 13.0. The van der Waals surface area contributed by atoms with Crippen LogP contribution in [0.25, 0.3) is 0 Å². The van der Waals surface area contributed by atoms with Crippen molar-refractivity contribution in [3.63, 3.8) is 0 Å². The summed E-state index contributed by atoms with van der Waals surface area (Å²) in [5.41, 5.74) is 5.57. The number of hydrogen-bond donors (Lipinski definition) is 2. The third-order valence-electron chi connectivity index (χ3n) is 6.55. The molecule has 3 nitrogen and oxygen atoms in total. The Morgan fingerprint density at radius 3 is 1.65 bits per heavy atom. The molecule has 0 aliphatic carbocycles. The van der Waals surface area contributed by atoms with Crippen molar-refractivity contribution in [2.24, 2.45) is 0 Å². The zero-order valence-corrected chi connectivity index (χ0v) is 23.4. The van der Waals surface area contributed by atoms with E-state index in [1.54, 1.807) is 0 Å². The van der Waals surface area contributed by atoms with Crippen LogP contribution in [0.5, 0.6) is 0 Å². The predicted octanol–water partition coefficient (Wildman–Crippen LogP) is 6.83. The maximum atomic E-state index is 6.12. The van der Waals surface area contributed by atoms with Gasteiger partial charge < -0.3 is 15.4 Å². The van der Waals surface area contributed by atoms with E-state index in [9.17, 15) is 0 Å². The molecule has 0 spiro atoms. The van der Waals surface area contributed by atoms with Crippen molar-refractivity contribution >= 4 is 17.4 Å². The van der Waals surface area contributed by atoms with E-state index >= 15 is 0 Å². The van der Waals surface area contributed by atoms with Gasteiger partial charge in [0, 0.05) is 30.5 Å². The molecule has 1 aliphatic heterocycles. The monoisotopic (exact) mass is 480 g/mol. The molecule has 0 saturated carbocycles. The number of thiocarbonyl (C=S) groups is 1. The van der Waals surface area contributed by atoms with Gasteiger partial charge in [-0.15, -0.1) is 0 Å². The van der Waals surface area contributed by atoms with Gasteiger partial charge in [-0.25, -0.2) is 0 Å². The van der Waals surface area contributed by atoms with E-state index in [1.807, 2.05) is 0 Å². The summed E-state index contributed by atoms with van der Waals surface area (Å²) in [5, 5.41) is 7.51. The van der Waals surface area contributed by atoms with Gasteiger partial charge in [-0.1, -0.05) is 90.1 Å². The third kappa shape index (κ3) is 7.05. The fourth-order valence-corrected chi connectivity index (χ4v) is 5.04. The Morgan fingerprint density at radius 2 is 1.26 bits per heavy atom. The van der Waals surface area contributed by atoms with Crippen LogP contribution in [-0.2, 0) is 15.6 Å². The molecule has 1 aliphatic rings. The van der Waals surface area contributed by atoms with Crippen LogP contribution >= 0.6 is 12.2 Å². The van der Waals surface area contributed by atoms with Crippen molar-refractivity contribution in [1.29, 1.82) is 0 Å². The summed E-state index contributed by atoms with van der Waals surface area (Å²) in [6.07, 6.45) is 0.983. The maximum Gasteiger partial charge on any atom is 0.257 e.